The van der Waals surface area contributed by atoms with Gasteiger partial charge in [0.25, 0.3) is 0 Å². The lowest BCUT2D eigenvalue weighted by atomic mass is 10.00. The third kappa shape index (κ3) is 5.13. The van der Waals surface area contributed by atoms with Crippen molar-refractivity contribution in [2.45, 2.75) is 53.6 Å². The summed E-state index contributed by atoms with van der Waals surface area (Å²) in [6, 6.07) is 10.5. The normalized spacial score (nSPS) is 13.7. The molecule has 28 heavy (non-hydrogen) atoms. The molecule has 0 saturated carbocycles. The summed E-state index contributed by atoms with van der Waals surface area (Å²) in [7, 11) is -3.64. The van der Waals surface area contributed by atoms with Crippen LogP contribution in [-0.2, 0) is 14.8 Å². The van der Waals surface area contributed by atoms with Gasteiger partial charge in [-0.15, -0.1) is 0 Å². The fraction of sp³-hybridized carbons (Fsp3) is 0.409. The van der Waals surface area contributed by atoms with Crippen LogP contribution < -0.4 is 9.62 Å². The van der Waals surface area contributed by atoms with Crippen LogP contribution in [-0.4, -0.2) is 26.6 Å². The molecule has 2 atom stereocenters. The van der Waals surface area contributed by atoms with Crippen LogP contribution in [0.5, 0.6) is 0 Å². The van der Waals surface area contributed by atoms with Crippen molar-refractivity contribution in [3.8, 4) is 0 Å². The van der Waals surface area contributed by atoms with E-state index >= 15 is 0 Å². The van der Waals surface area contributed by atoms with Gasteiger partial charge in [0, 0.05) is 0 Å². The van der Waals surface area contributed by atoms with E-state index in [1.54, 1.807) is 19.1 Å². The van der Waals surface area contributed by atoms with Gasteiger partial charge in [0.05, 0.1) is 18.0 Å². The summed E-state index contributed by atoms with van der Waals surface area (Å²) in [6.07, 6.45) is 1.13. The zero-order valence-corrected chi connectivity index (χ0v) is 18.5. The number of hydrogen-bond acceptors (Lipinski definition) is 3. The van der Waals surface area contributed by atoms with E-state index in [0.717, 1.165) is 34.1 Å². The second-order valence-corrected chi connectivity index (χ2v) is 9.53. The number of rotatable bonds is 6. The van der Waals surface area contributed by atoms with E-state index in [0.29, 0.717) is 5.69 Å². The second kappa shape index (κ2) is 8.35. The highest BCUT2D eigenvalue weighted by Gasteiger charge is 2.30. The molecule has 2 aromatic rings. The van der Waals surface area contributed by atoms with Crippen LogP contribution in [0.15, 0.2) is 36.4 Å². The predicted molar refractivity (Wildman–Crippen MR) is 115 cm³/mol. The molecule has 0 aliphatic rings. The van der Waals surface area contributed by atoms with Gasteiger partial charge in [-0.1, -0.05) is 29.8 Å². The zero-order valence-electron chi connectivity index (χ0n) is 17.7. The Morgan fingerprint density at radius 3 is 2.04 bits per heavy atom. The highest BCUT2D eigenvalue weighted by Crippen LogP contribution is 2.25. The number of anilines is 1. The molecule has 152 valence electrons. The minimum Gasteiger partial charge on any atom is -0.348 e. The lowest BCUT2D eigenvalue weighted by molar-refractivity contribution is -0.122. The van der Waals surface area contributed by atoms with Crippen LogP contribution in [0.3, 0.4) is 0 Å². The van der Waals surface area contributed by atoms with Gasteiger partial charge in [-0.3, -0.25) is 9.10 Å². The average molecular weight is 403 g/mol. The van der Waals surface area contributed by atoms with Crippen molar-refractivity contribution >= 4 is 21.6 Å². The third-order valence-corrected chi connectivity index (χ3v) is 6.05. The number of benzene rings is 2. The van der Waals surface area contributed by atoms with Gasteiger partial charge >= 0.3 is 0 Å². The van der Waals surface area contributed by atoms with E-state index in [1.807, 2.05) is 58.9 Å². The van der Waals surface area contributed by atoms with Crippen molar-refractivity contribution in [1.29, 1.82) is 0 Å². The Morgan fingerprint density at radius 2 is 1.50 bits per heavy atom. The molecule has 1 amide bonds. The molecule has 2 unspecified atom stereocenters. The highest BCUT2D eigenvalue weighted by molar-refractivity contribution is 7.92. The van der Waals surface area contributed by atoms with Gasteiger partial charge in [-0.2, -0.15) is 0 Å². The van der Waals surface area contributed by atoms with Crippen LogP contribution in [0.1, 0.15) is 47.7 Å². The molecule has 0 heterocycles. The molecule has 0 bridgehead atoms. The first-order valence-corrected chi connectivity index (χ1v) is 11.2. The monoisotopic (exact) mass is 402 g/mol. The van der Waals surface area contributed by atoms with Crippen molar-refractivity contribution in [2.24, 2.45) is 0 Å². The maximum Gasteiger partial charge on any atom is 0.244 e. The van der Waals surface area contributed by atoms with E-state index in [1.165, 1.54) is 4.31 Å². The van der Waals surface area contributed by atoms with Crippen molar-refractivity contribution in [3.05, 3.63) is 64.2 Å². The number of nitrogens with zero attached hydrogens (tertiary/aromatic N) is 1. The molecule has 0 aromatic heterocycles. The molecule has 0 radical (unpaired) electrons. The average Bonchev–Trinajstić information content (AvgIpc) is 2.54. The van der Waals surface area contributed by atoms with E-state index in [-0.39, 0.29) is 11.9 Å². The smallest absolute Gasteiger partial charge is 0.244 e. The Hall–Kier alpha value is -2.34. The van der Waals surface area contributed by atoms with E-state index in [9.17, 15) is 13.2 Å². The van der Waals surface area contributed by atoms with Crippen molar-refractivity contribution < 1.29 is 13.2 Å². The molecule has 5 nitrogen and oxygen atoms in total. The predicted octanol–water partition coefficient (Wildman–Crippen LogP) is 3.95. The number of carbonyl (C=O) groups is 1. The SMILES string of the molecule is Cc1cc(C)cc(N(C(C)C(=O)NC(C)c2cc(C)ccc2C)S(C)(=O)=O)c1. The fourth-order valence-electron chi connectivity index (χ4n) is 3.52. The largest absolute Gasteiger partial charge is 0.348 e. The van der Waals surface area contributed by atoms with Gasteiger partial charge < -0.3 is 5.32 Å². The van der Waals surface area contributed by atoms with Crippen LogP contribution >= 0.6 is 0 Å². The quantitative estimate of drug-likeness (QED) is 0.795. The number of amides is 1. The molecule has 2 rings (SSSR count). The Balaban J connectivity index is 2.32. The van der Waals surface area contributed by atoms with Crippen molar-refractivity contribution in [3.63, 3.8) is 0 Å². The maximum absolute atomic E-state index is 12.9. The first-order chi connectivity index (χ1) is 12.9. The van der Waals surface area contributed by atoms with E-state index in [4.69, 9.17) is 0 Å². The number of hydrogen-bond donors (Lipinski definition) is 1. The van der Waals surface area contributed by atoms with Crippen molar-refractivity contribution in [2.75, 3.05) is 10.6 Å². The Bertz CT molecular complexity index is 963. The first kappa shape index (κ1) is 22.0. The molecule has 0 spiro atoms. The minimum atomic E-state index is -3.64. The van der Waals surface area contributed by atoms with Gasteiger partial charge in [-0.25, -0.2) is 8.42 Å². The number of nitrogens with one attached hydrogen (secondary N) is 1. The van der Waals surface area contributed by atoms with Gasteiger partial charge in [-0.05, 0) is 75.9 Å². The van der Waals surface area contributed by atoms with Gasteiger partial charge in [0.2, 0.25) is 15.9 Å². The van der Waals surface area contributed by atoms with Gasteiger partial charge in [0.15, 0.2) is 0 Å². The summed E-state index contributed by atoms with van der Waals surface area (Å²) in [5, 5.41) is 2.97. The molecular formula is C22H30N2O3S. The summed E-state index contributed by atoms with van der Waals surface area (Å²) in [4.78, 5) is 12.9. The maximum atomic E-state index is 12.9. The number of aryl methyl sites for hydroxylation is 4. The molecule has 0 aliphatic carbocycles. The van der Waals surface area contributed by atoms with Crippen LogP contribution in [0.2, 0.25) is 0 Å². The Labute approximate surface area is 168 Å². The summed E-state index contributed by atoms with van der Waals surface area (Å²) >= 11 is 0. The second-order valence-electron chi connectivity index (χ2n) is 7.67. The standard InChI is InChI=1S/C22H30N2O3S/c1-14-8-9-17(4)21(13-14)18(5)23-22(25)19(6)24(28(7,26)27)20-11-15(2)10-16(3)12-20/h8-13,18-19H,1-7H3,(H,23,25). The van der Waals surface area contributed by atoms with Crippen molar-refractivity contribution in [1.82, 2.24) is 5.32 Å². The van der Waals surface area contributed by atoms with Crippen LogP contribution in [0.25, 0.3) is 0 Å². The minimum absolute atomic E-state index is 0.226. The lowest BCUT2D eigenvalue weighted by Crippen LogP contribution is -2.48. The zero-order chi connectivity index (χ0) is 21.2. The molecule has 0 saturated heterocycles. The Morgan fingerprint density at radius 1 is 0.929 bits per heavy atom. The summed E-state index contributed by atoms with van der Waals surface area (Å²) < 4.78 is 26.2. The van der Waals surface area contributed by atoms with E-state index < -0.39 is 16.1 Å². The number of carbonyl (C=O) groups excluding carboxylic acids is 1. The topological polar surface area (TPSA) is 66.5 Å². The third-order valence-electron chi connectivity index (χ3n) is 4.81. The van der Waals surface area contributed by atoms with Crippen LogP contribution in [0.4, 0.5) is 5.69 Å². The first-order valence-electron chi connectivity index (χ1n) is 9.35. The lowest BCUT2D eigenvalue weighted by Gasteiger charge is -2.30. The number of sulfonamides is 1. The van der Waals surface area contributed by atoms with E-state index in [2.05, 4.69) is 5.32 Å². The molecule has 6 heteroatoms. The molecule has 0 aliphatic heterocycles. The molecule has 1 N–H and O–H groups in total. The summed E-state index contributed by atoms with van der Waals surface area (Å²) in [5.74, 6) is -0.335. The fourth-order valence-corrected chi connectivity index (χ4v) is 4.68. The van der Waals surface area contributed by atoms with Crippen LogP contribution in [0, 0.1) is 27.7 Å². The molecular weight excluding hydrogens is 372 g/mol. The Kier molecular flexibility index (Phi) is 6.55. The summed E-state index contributed by atoms with van der Waals surface area (Å²) in [6.45, 7) is 11.3. The molecule has 2 aromatic carbocycles. The highest BCUT2D eigenvalue weighted by atomic mass is 32.2. The van der Waals surface area contributed by atoms with Gasteiger partial charge in [0.1, 0.15) is 6.04 Å². The summed E-state index contributed by atoms with van der Waals surface area (Å²) in [5.41, 5.74) is 5.61. The molecule has 0 fully saturated rings.